The molecule has 1 atom stereocenters. The minimum atomic E-state index is -0.502. The molecule has 1 N–H and O–H groups in total. The van der Waals surface area contributed by atoms with Crippen LogP contribution in [0.5, 0.6) is 0 Å². The highest BCUT2D eigenvalue weighted by atomic mass is 16.5. The molecule has 8 heteroatoms. The van der Waals surface area contributed by atoms with Gasteiger partial charge in [-0.2, -0.15) is 0 Å². The molecule has 0 spiro atoms. The molecular formula is C30H29N3O5. The number of fused-ring (bicyclic) bond motifs is 3. The molecular weight excluding hydrogens is 482 g/mol. The fourth-order valence-electron chi connectivity index (χ4n) is 4.61. The van der Waals surface area contributed by atoms with Crippen LogP contribution in [0.4, 0.5) is 0 Å². The predicted octanol–water partition coefficient (Wildman–Crippen LogP) is 3.77. The number of para-hydroxylation sites is 1. The van der Waals surface area contributed by atoms with Gasteiger partial charge < -0.3 is 18.8 Å². The van der Waals surface area contributed by atoms with E-state index >= 15 is 0 Å². The number of carbonyl (C=O) groups is 2. The molecule has 0 saturated carbocycles. The van der Waals surface area contributed by atoms with Gasteiger partial charge >= 0.3 is 0 Å². The number of hydrogen-bond donors (Lipinski definition) is 1. The Balaban J connectivity index is 1.17. The number of piperidine rings is 1. The van der Waals surface area contributed by atoms with Gasteiger partial charge in [0, 0.05) is 29.0 Å². The van der Waals surface area contributed by atoms with E-state index in [-0.39, 0.29) is 18.4 Å². The van der Waals surface area contributed by atoms with Crippen molar-refractivity contribution in [1.29, 1.82) is 0 Å². The summed E-state index contributed by atoms with van der Waals surface area (Å²) in [7, 11) is 0. The molecule has 2 aromatic heterocycles. The highest BCUT2D eigenvalue weighted by molar-refractivity contribution is 6.11. The zero-order chi connectivity index (χ0) is 26.2. The van der Waals surface area contributed by atoms with E-state index in [0.29, 0.717) is 51.5 Å². The van der Waals surface area contributed by atoms with Crippen molar-refractivity contribution in [2.45, 2.75) is 25.5 Å². The van der Waals surface area contributed by atoms with Gasteiger partial charge in [0.05, 0.1) is 38.6 Å². The molecule has 1 fully saturated rings. The number of carbonyl (C=O) groups excluding carboxylic acids is 2. The Labute approximate surface area is 220 Å². The first kappa shape index (κ1) is 25.6. The lowest BCUT2D eigenvalue weighted by Crippen LogP contribution is -2.41. The standard InChI is InChI=1S/C30H29N3O5/c34-27-13-12-26(30(35)32-27)33-25-11-5-4-10-24(25)28-23(14-15-31-29(28)33)9-6-16-36-17-18-37-19-20-38-21-22-7-2-1-3-8-22/h1-5,7-8,10-11,14-15,26H,12-13,16-21H2,(H,32,34,35). The molecule has 3 heterocycles. The topological polar surface area (TPSA) is 91.7 Å². The highest BCUT2D eigenvalue weighted by Gasteiger charge is 2.31. The SMILES string of the molecule is O=C1CCC(n2c3ccccc3c3c(C#CCOCCOCCOCc4ccccc4)ccnc32)C(=O)N1. The molecule has 1 saturated heterocycles. The number of nitrogens with one attached hydrogen (secondary N) is 1. The Kier molecular flexibility index (Phi) is 8.41. The first-order valence-corrected chi connectivity index (χ1v) is 12.7. The average molecular weight is 512 g/mol. The number of imide groups is 1. The third-order valence-corrected chi connectivity index (χ3v) is 6.37. The van der Waals surface area contributed by atoms with Crippen LogP contribution in [-0.2, 0) is 30.4 Å². The van der Waals surface area contributed by atoms with Crippen LogP contribution in [0, 0.1) is 11.8 Å². The zero-order valence-corrected chi connectivity index (χ0v) is 21.0. The van der Waals surface area contributed by atoms with Crippen molar-refractivity contribution >= 4 is 33.8 Å². The van der Waals surface area contributed by atoms with E-state index in [1.807, 2.05) is 65.2 Å². The number of pyridine rings is 1. The van der Waals surface area contributed by atoms with E-state index in [4.69, 9.17) is 14.2 Å². The zero-order valence-electron chi connectivity index (χ0n) is 21.0. The maximum Gasteiger partial charge on any atom is 0.249 e. The summed E-state index contributed by atoms with van der Waals surface area (Å²) in [4.78, 5) is 28.9. The van der Waals surface area contributed by atoms with E-state index in [2.05, 4.69) is 22.1 Å². The Morgan fingerprint density at radius 2 is 1.68 bits per heavy atom. The predicted molar refractivity (Wildman–Crippen MR) is 143 cm³/mol. The summed E-state index contributed by atoms with van der Waals surface area (Å²) >= 11 is 0. The van der Waals surface area contributed by atoms with E-state index in [0.717, 1.165) is 27.4 Å². The molecule has 38 heavy (non-hydrogen) atoms. The van der Waals surface area contributed by atoms with Gasteiger partial charge in [0.2, 0.25) is 11.8 Å². The molecule has 2 aromatic carbocycles. The second kappa shape index (κ2) is 12.5. The molecule has 194 valence electrons. The fraction of sp³-hybridized carbons (Fsp3) is 0.300. The Hall–Kier alpha value is -4.03. The van der Waals surface area contributed by atoms with Crippen LogP contribution >= 0.6 is 0 Å². The second-order valence-corrected chi connectivity index (χ2v) is 8.92. The molecule has 8 nitrogen and oxygen atoms in total. The van der Waals surface area contributed by atoms with Crippen LogP contribution in [0.1, 0.15) is 30.0 Å². The molecule has 0 radical (unpaired) electrons. The molecule has 2 amide bonds. The summed E-state index contributed by atoms with van der Waals surface area (Å²) in [5.41, 5.74) is 3.52. The summed E-state index contributed by atoms with van der Waals surface area (Å²) in [5.74, 6) is 5.74. The molecule has 0 aliphatic carbocycles. The second-order valence-electron chi connectivity index (χ2n) is 8.92. The molecule has 1 aliphatic rings. The van der Waals surface area contributed by atoms with Gasteiger partial charge in [-0.3, -0.25) is 14.9 Å². The van der Waals surface area contributed by atoms with Gasteiger partial charge in [0.15, 0.2) is 0 Å². The van der Waals surface area contributed by atoms with Crippen molar-refractivity contribution in [1.82, 2.24) is 14.9 Å². The summed E-state index contributed by atoms with van der Waals surface area (Å²) in [6.07, 6.45) is 2.43. The number of rotatable bonds is 10. The van der Waals surface area contributed by atoms with Crippen LogP contribution < -0.4 is 5.32 Å². The first-order chi connectivity index (χ1) is 18.7. The van der Waals surface area contributed by atoms with Gasteiger partial charge in [0.25, 0.3) is 0 Å². The van der Waals surface area contributed by atoms with E-state index < -0.39 is 6.04 Å². The molecule has 1 aliphatic heterocycles. The van der Waals surface area contributed by atoms with Crippen molar-refractivity contribution in [3.8, 4) is 11.8 Å². The van der Waals surface area contributed by atoms with Gasteiger partial charge in [-0.25, -0.2) is 4.98 Å². The number of aromatic nitrogens is 2. The average Bonchev–Trinajstić information content (AvgIpc) is 3.27. The third-order valence-electron chi connectivity index (χ3n) is 6.37. The molecule has 5 rings (SSSR count). The molecule has 1 unspecified atom stereocenters. The van der Waals surface area contributed by atoms with E-state index in [9.17, 15) is 9.59 Å². The number of nitrogens with zero attached hydrogens (tertiary/aromatic N) is 2. The number of amides is 2. The lowest BCUT2D eigenvalue weighted by Gasteiger charge is -2.23. The quantitative estimate of drug-likeness (QED) is 0.198. The Morgan fingerprint density at radius 1 is 0.921 bits per heavy atom. The van der Waals surface area contributed by atoms with Crippen molar-refractivity contribution in [3.63, 3.8) is 0 Å². The summed E-state index contributed by atoms with van der Waals surface area (Å²) in [6.45, 7) is 2.78. The van der Waals surface area contributed by atoms with Crippen LogP contribution in [0.25, 0.3) is 21.9 Å². The van der Waals surface area contributed by atoms with Gasteiger partial charge in [-0.05, 0) is 24.1 Å². The van der Waals surface area contributed by atoms with E-state index in [1.54, 1.807) is 6.20 Å². The van der Waals surface area contributed by atoms with Crippen LogP contribution in [-0.4, -0.2) is 54.4 Å². The number of ether oxygens (including phenoxy) is 3. The molecule has 0 bridgehead atoms. The Morgan fingerprint density at radius 3 is 2.53 bits per heavy atom. The van der Waals surface area contributed by atoms with Gasteiger partial charge in [-0.1, -0.05) is 60.4 Å². The minimum Gasteiger partial charge on any atom is -0.377 e. The van der Waals surface area contributed by atoms with Crippen molar-refractivity contribution in [3.05, 3.63) is 78.0 Å². The van der Waals surface area contributed by atoms with Crippen LogP contribution in [0.3, 0.4) is 0 Å². The lowest BCUT2D eigenvalue weighted by molar-refractivity contribution is -0.135. The highest BCUT2D eigenvalue weighted by Crippen LogP contribution is 2.34. The summed E-state index contributed by atoms with van der Waals surface area (Å²) < 4.78 is 18.7. The largest absolute Gasteiger partial charge is 0.377 e. The van der Waals surface area contributed by atoms with Crippen molar-refractivity contribution < 1.29 is 23.8 Å². The minimum absolute atomic E-state index is 0.242. The number of hydrogen-bond acceptors (Lipinski definition) is 6. The lowest BCUT2D eigenvalue weighted by atomic mass is 10.1. The van der Waals surface area contributed by atoms with Gasteiger partial charge in [0.1, 0.15) is 18.3 Å². The van der Waals surface area contributed by atoms with Crippen molar-refractivity contribution in [2.24, 2.45) is 0 Å². The maximum absolute atomic E-state index is 12.7. The van der Waals surface area contributed by atoms with Crippen LogP contribution in [0.2, 0.25) is 0 Å². The Bertz CT molecular complexity index is 1490. The summed E-state index contributed by atoms with van der Waals surface area (Å²) in [6, 6.07) is 19.3. The van der Waals surface area contributed by atoms with Gasteiger partial charge in [-0.15, -0.1) is 0 Å². The van der Waals surface area contributed by atoms with Crippen LogP contribution in [0.15, 0.2) is 66.9 Å². The van der Waals surface area contributed by atoms with Crippen molar-refractivity contribution in [2.75, 3.05) is 33.0 Å². The summed E-state index contributed by atoms with van der Waals surface area (Å²) in [5, 5.41) is 4.31. The van der Waals surface area contributed by atoms with E-state index in [1.165, 1.54) is 0 Å². The smallest absolute Gasteiger partial charge is 0.249 e. The monoisotopic (exact) mass is 511 g/mol. The normalized spacial score (nSPS) is 15.4. The third kappa shape index (κ3) is 5.92. The fourth-order valence-corrected chi connectivity index (χ4v) is 4.61. The first-order valence-electron chi connectivity index (χ1n) is 12.7. The maximum atomic E-state index is 12.7. The molecule has 4 aromatic rings. The number of benzene rings is 2.